The average molecular weight is 341 g/mol. The van der Waals surface area contributed by atoms with E-state index in [4.69, 9.17) is 0 Å². The molecule has 3 aliphatic rings. The fraction of sp³-hybridized carbons (Fsp3) is 0.600. The molecule has 0 radical (unpaired) electrons. The van der Waals surface area contributed by atoms with Crippen molar-refractivity contribution < 1.29 is 9.59 Å². The second-order valence-electron chi connectivity index (χ2n) is 7.98. The van der Waals surface area contributed by atoms with Gasteiger partial charge in [-0.3, -0.25) is 14.5 Å². The number of carbonyl (C=O) groups is 2. The van der Waals surface area contributed by atoms with Crippen LogP contribution < -0.4 is 5.32 Å². The summed E-state index contributed by atoms with van der Waals surface area (Å²) in [4.78, 5) is 29.1. The maximum Gasteiger partial charge on any atom is 0.238 e. The summed E-state index contributed by atoms with van der Waals surface area (Å²) in [5.74, 6) is 1.45. The Bertz CT molecular complexity index is 675. The number of piperidine rings is 3. The molecule has 2 bridgehead atoms. The minimum atomic E-state index is 0.0575. The topological polar surface area (TPSA) is 52.7 Å². The first-order chi connectivity index (χ1) is 12.1. The molecule has 3 heterocycles. The van der Waals surface area contributed by atoms with Crippen molar-refractivity contribution in [1.82, 2.24) is 9.80 Å². The molecule has 0 aromatic heterocycles. The van der Waals surface area contributed by atoms with Gasteiger partial charge >= 0.3 is 0 Å². The number of rotatable bonds is 3. The normalized spacial score (nSPS) is 29.2. The minimum Gasteiger partial charge on any atom is -0.339 e. The van der Waals surface area contributed by atoms with Crippen LogP contribution in [0.2, 0.25) is 0 Å². The van der Waals surface area contributed by atoms with Crippen molar-refractivity contribution >= 4 is 17.5 Å². The summed E-state index contributed by atoms with van der Waals surface area (Å²) in [6, 6.07) is 8.32. The van der Waals surface area contributed by atoms with E-state index >= 15 is 0 Å². The summed E-state index contributed by atoms with van der Waals surface area (Å²) < 4.78 is 0. The van der Waals surface area contributed by atoms with Crippen LogP contribution in [-0.4, -0.2) is 53.8 Å². The lowest BCUT2D eigenvalue weighted by molar-refractivity contribution is -0.145. The number of hydrogen-bond acceptors (Lipinski definition) is 3. The summed E-state index contributed by atoms with van der Waals surface area (Å²) in [6.45, 7) is 5.22. The summed E-state index contributed by atoms with van der Waals surface area (Å²) in [5.41, 5.74) is 2.01. The van der Waals surface area contributed by atoms with Crippen LogP contribution in [0.25, 0.3) is 0 Å². The number of fused-ring (bicyclic) bond motifs is 4. The zero-order valence-electron chi connectivity index (χ0n) is 14.9. The van der Waals surface area contributed by atoms with Crippen LogP contribution in [-0.2, 0) is 9.59 Å². The predicted molar refractivity (Wildman–Crippen MR) is 97.2 cm³/mol. The second-order valence-corrected chi connectivity index (χ2v) is 7.98. The Morgan fingerprint density at radius 3 is 3.00 bits per heavy atom. The monoisotopic (exact) mass is 341 g/mol. The summed E-state index contributed by atoms with van der Waals surface area (Å²) >= 11 is 0. The van der Waals surface area contributed by atoms with Crippen LogP contribution in [0.1, 0.15) is 31.2 Å². The highest BCUT2D eigenvalue weighted by atomic mass is 16.2. The lowest BCUT2D eigenvalue weighted by Crippen LogP contribution is -2.61. The molecule has 25 heavy (non-hydrogen) atoms. The second kappa shape index (κ2) is 6.79. The summed E-state index contributed by atoms with van der Waals surface area (Å²) in [5, 5.41) is 3.01. The van der Waals surface area contributed by atoms with E-state index in [1.54, 1.807) is 0 Å². The minimum absolute atomic E-state index is 0.0575. The van der Waals surface area contributed by atoms with Gasteiger partial charge in [0.15, 0.2) is 0 Å². The van der Waals surface area contributed by atoms with Crippen molar-refractivity contribution in [3.8, 4) is 0 Å². The standard InChI is InChI=1S/C20H27N3O2/c1-14-4-2-5-17(8-14)21-19(24)13-22-10-15-9-16(12-22)18-6-3-7-20(25)23(18)11-15/h2,4-5,8,15-16,18H,3,6-7,9-13H2,1H3,(H,21,24)/t15-,16-,18-/m1/s1. The highest BCUT2D eigenvalue weighted by Gasteiger charge is 2.43. The SMILES string of the molecule is Cc1cccc(NC(=O)CN2C[C@H]3C[C@H](C2)[C@H]2CCCC(=O)N2C3)c1. The number of nitrogens with one attached hydrogen (secondary N) is 1. The number of benzene rings is 1. The molecule has 0 aliphatic carbocycles. The molecule has 2 amide bonds. The molecule has 1 N–H and O–H groups in total. The van der Waals surface area contributed by atoms with E-state index in [9.17, 15) is 9.59 Å². The fourth-order valence-corrected chi connectivity index (χ4v) is 4.97. The third kappa shape index (κ3) is 3.56. The molecule has 0 unspecified atom stereocenters. The van der Waals surface area contributed by atoms with E-state index < -0.39 is 0 Å². The van der Waals surface area contributed by atoms with E-state index in [-0.39, 0.29) is 5.91 Å². The first kappa shape index (κ1) is 16.6. The van der Waals surface area contributed by atoms with Crippen LogP contribution in [0, 0.1) is 18.8 Å². The molecule has 3 fully saturated rings. The number of nitrogens with zero attached hydrogens (tertiary/aromatic N) is 2. The number of carbonyl (C=O) groups excluding carboxylic acids is 2. The fourth-order valence-electron chi connectivity index (χ4n) is 4.97. The van der Waals surface area contributed by atoms with Crippen LogP contribution in [0.5, 0.6) is 0 Å². The lowest BCUT2D eigenvalue weighted by atomic mass is 9.76. The molecule has 0 saturated carbocycles. The molecule has 0 spiro atoms. The number of hydrogen-bond donors (Lipinski definition) is 1. The van der Waals surface area contributed by atoms with Gasteiger partial charge < -0.3 is 10.2 Å². The van der Waals surface area contributed by atoms with E-state index in [1.807, 2.05) is 31.2 Å². The average Bonchev–Trinajstić information content (AvgIpc) is 2.56. The first-order valence-corrected chi connectivity index (χ1v) is 9.47. The largest absolute Gasteiger partial charge is 0.339 e. The Hall–Kier alpha value is -1.88. The van der Waals surface area contributed by atoms with Gasteiger partial charge in [0.05, 0.1) is 6.54 Å². The summed E-state index contributed by atoms with van der Waals surface area (Å²) in [7, 11) is 0. The van der Waals surface area contributed by atoms with Gasteiger partial charge in [-0.05, 0) is 55.7 Å². The van der Waals surface area contributed by atoms with E-state index in [1.165, 1.54) is 6.42 Å². The molecule has 3 atom stereocenters. The molecular formula is C20H27N3O2. The molecule has 4 rings (SSSR count). The summed E-state index contributed by atoms with van der Waals surface area (Å²) in [6.07, 6.45) is 4.09. The van der Waals surface area contributed by atoms with Gasteiger partial charge in [0.25, 0.3) is 0 Å². The predicted octanol–water partition coefficient (Wildman–Crippen LogP) is 2.27. The van der Waals surface area contributed by atoms with Crippen LogP contribution in [0.15, 0.2) is 24.3 Å². The van der Waals surface area contributed by atoms with Crippen LogP contribution in [0.3, 0.4) is 0 Å². The smallest absolute Gasteiger partial charge is 0.238 e. The third-order valence-corrected chi connectivity index (χ3v) is 5.92. The van der Waals surface area contributed by atoms with E-state index in [0.29, 0.717) is 30.3 Å². The quantitative estimate of drug-likeness (QED) is 0.918. The maximum atomic E-state index is 12.4. The number of likely N-dealkylation sites (tertiary alicyclic amines) is 1. The molecular weight excluding hydrogens is 314 g/mol. The zero-order chi connectivity index (χ0) is 17.4. The number of anilines is 1. The maximum absolute atomic E-state index is 12.4. The first-order valence-electron chi connectivity index (χ1n) is 9.47. The molecule has 3 aliphatic heterocycles. The number of aryl methyl sites for hydroxylation is 1. The molecule has 5 nitrogen and oxygen atoms in total. The zero-order valence-corrected chi connectivity index (χ0v) is 14.9. The van der Waals surface area contributed by atoms with E-state index in [0.717, 1.165) is 50.1 Å². The Morgan fingerprint density at radius 1 is 1.28 bits per heavy atom. The van der Waals surface area contributed by atoms with Gasteiger partial charge in [-0.2, -0.15) is 0 Å². The Kier molecular flexibility index (Phi) is 4.50. The Balaban J connectivity index is 1.37. The van der Waals surface area contributed by atoms with Crippen molar-refractivity contribution in [3.63, 3.8) is 0 Å². The Morgan fingerprint density at radius 2 is 2.16 bits per heavy atom. The highest BCUT2D eigenvalue weighted by Crippen LogP contribution is 2.37. The molecule has 3 saturated heterocycles. The Labute approximate surface area is 149 Å². The van der Waals surface area contributed by atoms with Gasteiger partial charge in [0, 0.05) is 37.8 Å². The molecule has 134 valence electrons. The van der Waals surface area contributed by atoms with E-state index in [2.05, 4.69) is 15.1 Å². The van der Waals surface area contributed by atoms with Crippen molar-refractivity contribution in [2.75, 3.05) is 31.5 Å². The van der Waals surface area contributed by atoms with Crippen molar-refractivity contribution in [2.45, 2.75) is 38.6 Å². The molecule has 1 aromatic carbocycles. The van der Waals surface area contributed by atoms with Crippen molar-refractivity contribution in [1.29, 1.82) is 0 Å². The lowest BCUT2D eigenvalue weighted by Gasteiger charge is -2.52. The van der Waals surface area contributed by atoms with Crippen LogP contribution in [0.4, 0.5) is 5.69 Å². The van der Waals surface area contributed by atoms with Gasteiger partial charge in [-0.25, -0.2) is 0 Å². The molecule has 1 aromatic rings. The van der Waals surface area contributed by atoms with Gasteiger partial charge in [0.2, 0.25) is 11.8 Å². The van der Waals surface area contributed by atoms with Crippen LogP contribution >= 0.6 is 0 Å². The molecule has 5 heteroatoms. The van der Waals surface area contributed by atoms with Gasteiger partial charge in [-0.15, -0.1) is 0 Å². The van der Waals surface area contributed by atoms with Crippen molar-refractivity contribution in [3.05, 3.63) is 29.8 Å². The highest BCUT2D eigenvalue weighted by molar-refractivity contribution is 5.92. The third-order valence-electron chi connectivity index (χ3n) is 5.92. The number of amides is 2. The van der Waals surface area contributed by atoms with Gasteiger partial charge in [0.1, 0.15) is 0 Å². The van der Waals surface area contributed by atoms with Crippen molar-refractivity contribution in [2.24, 2.45) is 11.8 Å². The van der Waals surface area contributed by atoms with Gasteiger partial charge in [-0.1, -0.05) is 12.1 Å².